The normalized spacial score (nSPS) is 10.9. The lowest BCUT2D eigenvalue weighted by Gasteiger charge is -2.25. The molecule has 1 heterocycles. The average Bonchev–Trinajstić information content (AvgIpc) is 2.38. The summed E-state index contributed by atoms with van der Waals surface area (Å²) in [5.41, 5.74) is 4.01. The maximum absolute atomic E-state index is 12.5. The summed E-state index contributed by atoms with van der Waals surface area (Å²) in [5, 5.41) is 0. The second kappa shape index (κ2) is 6.52. The molecule has 0 saturated carbocycles. The lowest BCUT2D eigenvalue weighted by Crippen LogP contribution is -2.36. The molecule has 5 heteroatoms. The fourth-order valence-corrected chi connectivity index (χ4v) is 1.95. The number of hydrogen-bond donors (Lipinski definition) is 2. The van der Waals surface area contributed by atoms with E-state index in [1.807, 2.05) is 45.6 Å². The van der Waals surface area contributed by atoms with Crippen LogP contribution in [0.15, 0.2) is 12.1 Å². The number of hydrazine groups is 1. The van der Waals surface area contributed by atoms with Gasteiger partial charge in [-0.05, 0) is 38.8 Å². The van der Waals surface area contributed by atoms with Gasteiger partial charge in [0.2, 0.25) is 0 Å². The van der Waals surface area contributed by atoms with Crippen molar-refractivity contribution in [3.05, 3.63) is 23.4 Å². The molecule has 0 aliphatic heterocycles. The Labute approximate surface area is 115 Å². The van der Waals surface area contributed by atoms with Gasteiger partial charge in [0, 0.05) is 23.8 Å². The van der Waals surface area contributed by atoms with E-state index in [2.05, 4.69) is 10.4 Å². The first-order chi connectivity index (χ1) is 8.90. The predicted octanol–water partition coefficient (Wildman–Crippen LogP) is 2.36. The van der Waals surface area contributed by atoms with Crippen LogP contribution in [0.1, 0.15) is 56.6 Å². The van der Waals surface area contributed by atoms with Crippen LogP contribution in [0.2, 0.25) is 0 Å². The second-order valence-corrected chi connectivity index (χ2v) is 5.15. The quantitative estimate of drug-likeness (QED) is 0.632. The van der Waals surface area contributed by atoms with Gasteiger partial charge in [-0.1, -0.05) is 13.8 Å². The highest BCUT2D eigenvalue weighted by Gasteiger charge is 2.19. The number of nitrogens with two attached hydrogens (primary N) is 1. The minimum atomic E-state index is 0.0123. The molecule has 1 rings (SSSR count). The third kappa shape index (κ3) is 3.67. The number of nitrogens with zero attached hydrogens (tertiary/aromatic N) is 2. The van der Waals surface area contributed by atoms with Crippen LogP contribution >= 0.6 is 0 Å². The molecule has 3 N–H and O–H groups in total. The van der Waals surface area contributed by atoms with Crippen LogP contribution in [0, 0.1) is 0 Å². The average molecular weight is 264 g/mol. The monoisotopic (exact) mass is 264 g/mol. The predicted molar refractivity (Wildman–Crippen MR) is 78.0 cm³/mol. The Morgan fingerprint density at radius 1 is 1.37 bits per heavy atom. The van der Waals surface area contributed by atoms with Crippen molar-refractivity contribution in [3.63, 3.8) is 0 Å². The van der Waals surface area contributed by atoms with Crippen molar-refractivity contribution in [2.75, 3.05) is 12.0 Å². The molecule has 5 nitrogen and oxygen atoms in total. The molecule has 1 aromatic rings. The third-order valence-corrected chi connectivity index (χ3v) is 3.06. The SMILES string of the molecule is CCN(C(=O)c1cc(NN)nc(C(C)C)c1)C(C)C. The number of pyridine rings is 1. The molecule has 1 amide bonds. The van der Waals surface area contributed by atoms with E-state index in [-0.39, 0.29) is 17.9 Å². The van der Waals surface area contributed by atoms with Crippen LogP contribution < -0.4 is 11.3 Å². The number of rotatable bonds is 5. The lowest BCUT2D eigenvalue weighted by atomic mass is 10.1. The van der Waals surface area contributed by atoms with Crippen molar-refractivity contribution < 1.29 is 4.79 Å². The second-order valence-electron chi connectivity index (χ2n) is 5.15. The number of nitrogen functional groups attached to an aromatic ring is 1. The van der Waals surface area contributed by atoms with Crippen molar-refractivity contribution in [2.45, 2.75) is 46.6 Å². The summed E-state index contributed by atoms with van der Waals surface area (Å²) in [4.78, 5) is 18.7. The van der Waals surface area contributed by atoms with Crippen molar-refractivity contribution >= 4 is 11.7 Å². The zero-order valence-electron chi connectivity index (χ0n) is 12.4. The van der Waals surface area contributed by atoms with Crippen LogP contribution in [-0.2, 0) is 0 Å². The van der Waals surface area contributed by atoms with Crippen LogP contribution in [0.25, 0.3) is 0 Å². The van der Waals surface area contributed by atoms with Gasteiger partial charge >= 0.3 is 0 Å². The number of carbonyl (C=O) groups is 1. The van der Waals surface area contributed by atoms with Crippen molar-refractivity contribution in [1.29, 1.82) is 0 Å². The Balaban J connectivity index is 3.18. The smallest absolute Gasteiger partial charge is 0.254 e. The summed E-state index contributed by atoms with van der Waals surface area (Å²) >= 11 is 0. The minimum absolute atomic E-state index is 0.0123. The Morgan fingerprint density at radius 3 is 2.42 bits per heavy atom. The van der Waals surface area contributed by atoms with E-state index in [0.717, 1.165) is 5.69 Å². The summed E-state index contributed by atoms with van der Waals surface area (Å²) in [5.74, 6) is 6.20. The van der Waals surface area contributed by atoms with Gasteiger partial charge in [-0.2, -0.15) is 0 Å². The molecular formula is C14H24N4O. The van der Waals surface area contributed by atoms with Crippen LogP contribution in [-0.4, -0.2) is 28.4 Å². The lowest BCUT2D eigenvalue weighted by molar-refractivity contribution is 0.0716. The van der Waals surface area contributed by atoms with Gasteiger partial charge in [0.1, 0.15) is 5.82 Å². The Kier molecular flexibility index (Phi) is 5.30. The zero-order chi connectivity index (χ0) is 14.6. The highest BCUT2D eigenvalue weighted by atomic mass is 16.2. The van der Waals surface area contributed by atoms with Gasteiger partial charge in [0.15, 0.2) is 0 Å². The number of nitrogens with one attached hydrogen (secondary N) is 1. The van der Waals surface area contributed by atoms with Crippen molar-refractivity contribution in [3.8, 4) is 0 Å². The van der Waals surface area contributed by atoms with Crippen LogP contribution in [0.3, 0.4) is 0 Å². The number of anilines is 1. The Morgan fingerprint density at radius 2 is 2.00 bits per heavy atom. The van der Waals surface area contributed by atoms with E-state index in [1.54, 1.807) is 6.07 Å². The Bertz CT molecular complexity index is 443. The molecule has 0 radical (unpaired) electrons. The molecule has 0 fully saturated rings. The summed E-state index contributed by atoms with van der Waals surface area (Å²) in [6, 6.07) is 3.71. The summed E-state index contributed by atoms with van der Waals surface area (Å²) in [6.07, 6.45) is 0. The Hall–Kier alpha value is -1.62. The number of amides is 1. The summed E-state index contributed by atoms with van der Waals surface area (Å²) < 4.78 is 0. The van der Waals surface area contributed by atoms with E-state index in [4.69, 9.17) is 5.84 Å². The molecular weight excluding hydrogens is 240 g/mol. The fourth-order valence-electron chi connectivity index (χ4n) is 1.95. The van der Waals surface area contributed by atoms with Crippen molar-refractivity contribution in [2.24, 2.45) is 5.84 Å². The van der Waals surface area contributed by atoms with Gasteiger partial charge in [0.05, 0.1) is 0 Å². The summed E-state index contributed by atoms with van der Waals surface area (Å²) in [7, 11) is 0. The molecule has 0 aliphatic carbocycles. The molecule has 0 aromatic carbocycles. The van der Waals surface area contributed by atoms with Crippen LogP contribution in [0.5, 0.6) is 0 Å². The number of aromatic nitrogens is 1. The molecule has 0 bridgehead atoms. The van der Waals surface area contributed by atoms with Gasteiger partial charge in [-0.25, -0.2) is 10.8 Å². The number of hydrogen-bond acceptors (Lipinski definition) is 4. The first kappa shape index (κ1) is 15.4. The highest BCUT2D eigenvalue weighted by Crippen LogP contribution is 2.19. The van der Waals surface area contributed by atoms with Gasteiger partial charge in [-0.15, -0.1) is 0 Å². The molecule has 0 spiro atoms. The van der Waals surface area contributed by atoms with E-state index < -0.39 is 0 Å². The number of carbonyl (C=O) groups excluding carboxylic acids is 1. The largest absolute Gasteiger partial charge is 0.336 e. The first-order valence-electron chi connectivity index (χ1n) is 6.70. The first-order valence-corrected chi connectivity index (χ1v) is 6.70. The minimum Gasteiger partial charge on any atom is -0.336 e. The standard InChI is InChI=1S/C14H24N4O/c1-6-18(10(4)5)14(19)11-7-12(9(2)3)16-13(8-11)17-15/h7-10H,6,15H2,1-5H3,(H,16,17). The van der Waals surface area contributed by atoms with E-state index in [9.17, 15) is 4.79 Å². The van der Waals surface area contributed by atoms with Gasteiger partial charge < -0.3 is 10.3 Å². The molecule has 0 unspecified atom stereocenters. The zero-order valence-corrected chi connectivity index (χ0v) is 12.4. The third-order valence-electron chi connectivity index (χ3n) is 3.06. The fraction of sp³-hybridized carbons (Fsp3) is 0.571. The topological polar surface area (TPSA) is 71.2 Å². The highest BCUT2D eigenvalue weighted by molar-refractivity contribution is 5.95. The van der Waals surface area contributed by atoms with Gasteiger partial charge in [0.25, 0.3) is 5.91 Å². The molecule has 106 valence electrons. The van der Waals surface area contributed by atoms with Crippen LogP contribution in [0.4, 0.5) is 5.82 Å². The molecule has 0 aliphatic rings. The molecule has 0 saturated heterocycles. The van der Waals surface area contributed by atoms with Crippen molar-refractivity contribution in [1.82, 2.24) is 9.88 Å². The van der Waals surface area contributed by atoms with Gasteiger partial charge in [-0.3, -0.25) is 4.79 Å². The molecule has 0 atom stereocenters. The maximum Gasteiger partial charge on any atom is 0.254 e. The van der Waals surface area contributed by atoms with E-state index in [1.165, 1.54) is 0 Å². The maximum atomic E-state index is 12.5. The summed E-state index contributed by atoms with van der Waals surface area (Å²) in [6.45, 7) is 10.8. The molecule has 1 aromatic heterocycles. The molecule has 19 heavy (non-hydrogen) atoms. The van der Waals surface area contributed by atoms with E-state index >= 15 is 0 Å². The van der Waals surface area contributed by atoms with E-state index in [0.29, 0.717) is 17.9 Å².